The zero-order valence-corrected chi connectivity index (χ0v) is 16.6. The molecule has 2 aromatic carbocycles. The van der Waals surface area contributed by atoms with Gasteiger partial charge in [0.05, 0.1) is 0 Å². The van der Waals surface area contributed by atoms with Gasteiger partial charge in [-0.3, -0.25) is 4.79 Å². The van der Waals surface area contributed by atoms with Crippen LogP contribution in [0.5, 0.6) is 0 Å². The summed E-state index contributed by atoms with van der Waals surface area (Å²) >= 11 is 15.3. The van der Waals surface area contributed by atoms with Gasteiger partial charge in [-0.25, -0.2) is 0 Å². The molecule has 3 rings (SSSR count). The fourth-order valence-electron chi connectivity index (χ4n) is 2.24. The maximum Gasteiger partial charge on any atom is 0.227 e. The Balaban J connectivity index is 1.51. The predicted molar refractivity (Wildman–Crippen MR) is 104 cm³/mol. The minimum atomic E-state index is -0.126. The lowest BCUT2D eigenvalue weighted by molar-refractivity contribution is -0.121. The smallest absolute Gasteiger partial charge is 0.227 e. The Kier molecular flexibility index (Phi) is 6.29. The number of carbonyl (C=O) groups excluding carboxylic acids is 1. The first-order chi connectivity index (χ1) is 12.5. The molecule has 3 aromatic rings. The van der Waals surface area contributed by atoms with Gasteiger partial charge in [-0.2, -0.15) is 4.98 Å². The van der Waals surface area contributed by atoms with Crippen LogP contribution in [0, 0.1) is 0 Å². The number of halogens is 3. The molecule has 0 bridgehead atoms. The minimum Gasteiger partial charge on any atom is -0.352 e. The van der Waals surface area contributed by atoms with Gasteiger partial charge >= 0.3 is 0 Å². The van der Waals surface area contributed by atoms with Crippen LogP contribution in [0.3, 0.4) is 0 Å². The zero-order chi connectivity index (χ0) is 18.5. The second-order valence-electron chi connectivity index (χ2n) is 5.53. The Morgan fingerprint density at radius 2 is 1.92 bits per heavy atom. The Morgan fingerprint density at radius 1 is 1.15 bits per heavy atom. The van der Waals surface area contributed by atoms with E-state index in [-0.39, 0.29) is 12.3 Å². The average Bonchev–Trinajstić information content (AvgIpc) is 3.09. The molecule has 5 nitrogen and oxygen atoms in total. The van der Waals surface area contributed by atoms with Crippen LogP contribution in [0.2, 0.25) is 10.0 Å². The van der Waals surface area contributed by atoms with Gasteiger partial charge in [0, 0.05) is 39.5 Å². The van der Waals surface area contributed by atoms with Gasteiger partial charge < -0.3 is 9.84 Å². The third kappa shape index (κ3) is 5.06. The molecule has 0 atom stereocenters. The molecule has 1 amide bonds. The van der Waals surface area contributed by atoms with Crippen LogP contribution < -0.4 is 5.32 Å². The molecule has 1 aromatic heterocycles. The first-order valence-electron chi connectivity index (χ1n) is 7.80. The van der Waals surface area contributed by atoms with Gasteiger partial charge in [-0.05, 0) is 42.0 Å². The number of aryl methyl sites for hydroxylation is 1. The summed E-state index contributed by atoms with van der Waals surface area (Å²) in [6, 6.07) is 12.8. The van der Waals surface area contributed by atoms with Crippen molar-refractivity contribution >= 4 is 45.0 Å². The van der Waals surface area contributed by atoms with E-state index in [4.69, 9.17) is 27.7 Å². The highest BCUT2D eigenvalue weighted by Gasteiger charge is 2.11. The third-order valence-electron chi connectivity index (χ3n) is 3.63. The van der Waals surface area contributed by atoms with Crippen LogP contribution in [-0.2, 0) is 17.8 Å². The summed E-state index contributed by atoms with van der Waals surface area (Å²) in [5.41, 5.74) is 1.66. The minimum absolute atomic E-state index is 0.126. The van der Waals surface area contributed by atoms with Gasteiger partial charge in [0.15, 0.2) is 0 Å². The largest absolute Gasteiger partial charge is 0.352 e. The molecule has 134 valence electrons. The van der Waals surface area contributed by atoms with E-state index in [2.05, 4.69) is 31.4 Å². The van der Waals surface area contributed by atoms with E-state index in [0.717, 1.165) is 15.6 Å². The zero-order valence-electron chi connectivity index (χ0n) is 13.5. The molecular formula is C18H14BrCl2N3O2. The van der Waals surface area contributed by atoms with E-state index in [0.29, 0.717) is 34.7 Å². The summed E-state index contributed by atoms with van der Waals surface area (Å²) in [7, 11) is 0. The summed E-state index contributed by atoms with van der Waals surface area (Å²) in [6.45, 7) is 0.336. The summed E-state index contributed by atoms with van der Waals surface area (Å²) < 4.78 is 6.18. The molecule has 0 radical (unpaired) electrons. The highest BCUT2D eigenvalue weighted by molar-refractivity contribution is 9.10. The maximum atomic E-state index is 12.0. The van der Waals surface area contributed by atoms with Crippen LogP contribution in [-0.4, -0.2) is 16.0 Å². The average molecular weight is 455 g/mol. The lowest BCUT2D eigenvalue weighted by atomic mass is 10.2. The number of nitrogens with zero attached hydrogens (tertiary/aromatic N) is 2. The number of nitrogens with one attached hydrogen (secondary N) is 1. The fraction of sp³-hybridized carbons (Fsp3) is 0.167. The van der Waals surface area contributed by atoms with Crippen LogP contribution >= 0.6 is 39.1 Å². The number of rotatable bonds is 6. The number of hydrogen-bond acceptors (Lipinski definition) is 4. The summed E-state index contributed by atoms with van der Waals surface area (Å²) in [4.78, 5) is 16.3. The highest BCUT2D eigenvalue weighted by Crippen LogP contribution is 2.21. The summed E-state index contributed by atoms with van der Waals surface area (Å²) in [6.07, 6.45) is 0.608. The van der Waals surface area contributed by atoms with Crippen molar-refractivity contribution in [3.05, 3.63) is 68.4 Å². The second kappa shape index (κ2) is 8.66. The first kappa shape index (κ1) is 18.9. The molecular weight excluding hydrogens is 441 g/mol. The van der Waals surface area contributed by atoms with Crippen molar-refractivity contribution in [1.29, 1.82) is 0 Å². The van der Waals surface area contributed by atoms with Crippen molar-refractivity contribution in [1.82, 2.24) is 15.5 Å². The van der Waals surface area contributed by atoms with Crippen molar-refractivity contribution in [2.45, 2.75) is 19.4 Å². The Bertz CT molecular complexity index is 913. The molecule has 1 heterocycles. The molecule has 8 heteroatoms. The van der Waals surface area contributed by atoms with Crippen LogP contribution in [0.1, 0.15) is 17.9 Å². The van der Waals surface area contributed by atoms with Gasteiger partial charge in [-0.1, -0.05) is 50.4 Å². The molecule has 1 N–H and O–H groups in total. The molecule has 0 saturated heterocycles. The molecule has 0 aliphatic heterocycles. The maximum absolute atomic E-state index is 12.0. The molecule has 0 saturated carbocycles. The van der Waals surface area contributed by atoms with Gasteiger partial charge in [-0.15, -0.1) is 0 Å². The van der Waals surface area contributed by atoms with E-state index in [1.54, 1.807) is 18.2 Å². The van der Waals surface area contributed by atoms with E-state index >= 15 is 0 Å². The Hall–Kier alpha value is -1.89. The van der Waals surface area contributed by atoms with E-state index in [1.807, 2.05) is 24.3 Å². The molecule has 0 unspecified atom stereocenters. The quantitative estimate of drug-likeness (QED) is 0.565. The number of hydrogen-bond donors (Lipinski definition) is 1. The number of benzene rings is 2. The number of amides is 1. The molecule has 0 aliphatic rings. The van der Waals surface area contributed by atoms with E-state index < -0.39 is 0 Å². The Labute approximate surface area is 168 Å². The van der Waals surface area contributed by atoms with Gasteiger partial charge in [0.2, 0.25) is 17.6 Å². The van der Waals surface area contributed by atoms with Crippen molar-refractivity contribution in [2.24, 2.45) is 0 Å². The third-order valence-corrected chi connectivity index (χ3v) is 4.74. The van der Waals surface area contributed by atoms with Gasteiger partial charge in [0.25, 0.3) is 0 Å². The van der Waals surface area contributed by atoms with E-state index in [9.17, 15) is 4.79 Å². The van der Waals surface area contributed by atoms with Crippen LogP contribution in [0.4, 0.5) is 0 Å². The lowest BCUT2D eigenvalue weighted by Crippen LogP contribution is -2.23. The lowest BCUT2D eigenvalue weighted by Gasteiger charge is -2.06. The monoisotopic (exact) mass is 453 g/mol. The van der Waals surface area contributed by atoms with Crippen molar-refractivity contribution in [2.75, 3.05) is 0 Å². The molecule has 26 heavy (non-hydrogen) atoms. The Morgan fingerprint density at radius 3 is 2.65 bits per heavy atom. The topological polar surface area (TPSA) is 68.0 Å². The van der Waals surface area contributed by atoms with Crippen molar-refractivity contribution < 1.29 is 9.32 Å². The molecule has 0 aliphatic carbocycles. The normalized spacial score (nSPS) is 10.7. The van der Waals surface area contributed by atoms with Crippen molar-refractivity contribution in [3.63, 3.8) is 0 Å². The fourth-order valence-corrected chi connectivity index (χ4v) is 2.98. The van der Waals surface area contributed by atoms with Crippen LogP contribution in [0.15, 0.2) is 51.5 Å². The van der Waals surface area contributed by atoms with Gasteiger partial charge in [0.1, 0.15) is 0 Å². The highest BCUT2D eigenvalue weighted by atomic mass is 79.9. The SMILES string of the molecule is O=C(CCc1nc(-c2ccc(Br)cc2)no1)NCc1ccc(Cl)cc1Cl. The number of aromatic nitrogens is 2. The summed E-state index contributed by atoms with van der Waals surface area (Å²) in [5, 5.41) is 7.84. The van der Waals surface area contributed by atoms with Crippen LogP contribution in [0.25, 0.3) is 11.4 Å². The molecule has 0 fully saturated rings. The first-order valence-corrected chi connectivity index (χ1v) is 9.35. The standard InChI is InChI=1S/C18H14BrCl2N3O2/c19-13-4-1-11(2-5-13)18-23-17(26-24-18)8-7-16(25)22-10-12-3-6-14(20)9-15(12)21/h1-6,9H,7-8,10H2,(H,22,25). The second-order valence-corrected chi connectivity index (χ2v) is 7.29. The number of carbonyl (C=O) groups is 1. The predicted octanol–water partition coefficient (Wildman–Crippen LogP) is 5.05. The van der Waals surface area contributed by atoms with Crippen molar-refractivity contribution in [3.8, 4) is 11.4 Å². The summed E-state index contributed by atoms with van der Waals surface area (Å²) in [5.74, 6) is 0.794. The van der Waals surface area contributed by atoms with E-state index in [1.165, 1.54) is 0 Å². The molecule has 0 spiro atoms.